The van der Waals surface area contributed by atoms with Gasteiger partial charge in [-0.25, -0.2) is 18.2 Å². The Hall–Kier alpha value is -2.27. The number of thiazole rings is 1. The molecule has 0 unspecified atom stereocenters. The zero-order valence-electron chi connectivity index (χ0n) is 16.6. The second-order valence-corrected chi connectivity index (χ2v) is 9.54. The van der Waals surface area contributed by atoms with Crippen molar-refractivity contribution in [3.8, 4) is 0 Å². The van der Waals surface area contributed by atoms with Crippen LogP contribution in [0.3, 0.4) is 0 Å². The lowest BCUT2D eigenvalue weighted by atomic mass is 10.2. The summed E-state index contributed by atoms with van der Waals surface area (Å²) in [6.45, 7) is 5.56. The number of hydrogen-bond donors (Lipinski definition) is 0. The molecule has 0 saturated heterocycles. The van der Waals surface area contributed by atoms with Crippen LogP contribution in [0.4, 0.5) is 0 Å². The number of benzene rings is 1. The molecule has 3 rings (SSSR count). The molecule has 0 radical (unpaired) electrons. The van der Waals surface area contributed by atoms with E-state index in [2.05, 4.69) is 4.98 Å². The molecule has 3 aromatic rings. The van der Waals surface area contributed by atoms with E-state index >= 15 is 0 Å². The van der Waals surface area contributed by atoms with Crippen LogP contribution in [0, 0.1) is 6.92 Å². The Bertz CT molecular complexity index is 1260. The van der Waals surface area contributed by atoms with Gasteiger partial charge in [0.2, 0.25) is 10.0 Å². The number of hydrogen-bond acceptors (Lipinski definition) is 7. The fourth-order valence-corrected chi connectivity index (χ4v) is 5.78. The van der Waals surface area contributed by atoms with Crippen LogP contribution in [0.1, 0.15) is 35.6 Å². The maximum atomic E-state index is 12.8. The summed E-state index contributed by atoms with van der Waals surface area (Å²) in [5, 5.41) is 1.83. The Morgan fingerprint density at radius 1 is 1.27 bits per heavy atom. The number of aromatic nitrogens is 2. The lowest BCUT2D eigenvalue weighted by Gasteiger charge is -2.19. The van der Waals surface area contributed by atoms with Crippen molar-refractivity contribution < 1.29 is 17.9 Å². The first-order chi connectivity index (χ1) is 14.2. The van der Waals surface area contributed by atoms with Crippen LogP contribution < -0.4 is 5.56 Å². The van der Waals surface area contributed by atoms with Gasteiger partial charge in [-0.05, 0) is 25.1 Å². The number of aryl methyl sites for hydroxylation is 1. The third-order valence-electron chi connectivity index (χ3n) is 4.47. The Kier molecular flexibility index (Phi) is 6.61. The normalized spacial score (nSPS) is 11.9. The number of sulfonamides is 1. The number of ether oxygens (including phenoxy) is 1. The van der Waals surface area contributed by atoms with E-state index in [-0.39, 0.29) is 40.7 Å². The lowest BCUT2D eigenvalue weighted by molar-refractivity contribution is 0.0467. The number of rotatable bonds is 7. The van der Waals surface area contributed by atoms with Gasteiger partial charge >= 0.3 is 5.97 Å². The van der Waals surface area contributed by atoms with Crippen LogP contribution in [-0.2, 0) is 21.4 Å². The van der Waals surface area contributed by atoms with E-state index < -0.39 is 16.0 Å². The lowest BCUT2D eigenvalue weighted by Crippen LogP contribution is -2.31. The van der Waals surface area contributed by atoms with E-state index in [9.17, 15) is 18.0 Å². The van der Waals surface area contributed by atoms with Crippen LogP contribution in [0.5, 0.6) is 0 Å². The van der Waals surface area contributed by atoms with Gasteiger partial charge in [0.05, 0.1) is 16.3 Å². The van der Waals surface area contributed by atoms with Gasteiger partial charge in [0.15, 0.2) is 4.96 Å². The second-order valence-electron chi connectivity index (χ2n) is 6.39. The Morgan fingerprint density at radius 2 is 1.97 bits per heavy atom. The molecule has 0 spiro atoms. The minimum atomic E-state index is -3.84. The molecule has 0 N–H and O–H groups in total. The number of carbonyl (C=O) groups is 1. The molecule has 0 amide bonds. The zero-order valence-corrected chi connectivity index (χ0v) is 19.0. The van der Waals surface area contributed by atoms with Gasteiger partial charge in [0.25, 0.3) is 5.56 Å². The highest BCUT2D eigenvalue weighted by atomic mass is 35.5. The van der Waals surface area contributed by atoms with Crippen molar-refractivity contribution >= 4 is 43.9 Å². The van der Waals surface area contributed by atoms with Crippen LogP contribution in [-0.4, -0.2) is 41.2 Å². The van der Waals surface area contributed by atoms with Gasteiger partial charge < -0.3 is 4.74 Å². The minimum Gasteiger partial charge on any atom is -0.456 e. The third kappa shape index (κ3) is 4.27. The van der Waals surface area contributed by atoms with Gasteiger partial charge in [-0.15, -0.1) is 11.3 Å². The fraction of sp³-hybridized carbons (Fsp3) is 0.316. The summed E-state index contributed by atoms with van der Waals surface area (Å²) in [6, 6.07) is 5.24. The van der Waals surface area contributed by atoms with Gasteiger partial charge in [-0.2, -0.15) is 4.31 Å². The summed E-state index contributed by atoms with van der Waals surface area (Å²) < 4.78 is 33.5. The molecule has 8 nitrogen and oxygen atoms in total. The van der Waals surface area contributed by atoms with Crippen molar-refractivity contribution in [1.82, 2.24) is 13.7 Å². The van der Waals surface area contributed by atoms with Crippen LogP contribution in [0.2, 0.25) is 5.02 Å². The smallest absolute Gasteiger partial charge is 0.338 e. The van der Waals surface area contributed by atoms with Crippen molar-refractivity contribution in [3.63, 3.8) is 0 Å². The molecule has 160 valence electrons. The van der Waals surface area contributed by atoms with Gasteiger partial charge in [0, 0.05) is 30.2 Å². The topological polar surface area (TPSA) is 98.0 Å². The number of esters is 1. The van der Waals surface area contributed by atoms with Crippen molar-refractivity contribution in [2.45, 2.75) is 32.3 Å². The quantitative estimate of drug-likeness (QED) is 0.493. The van der Waals surface area contributed by atoms with E-state index in [1.807, 2.05) is 5.38 Å². The summed E-state index contributed by atoms with van der Waals surface area (Å²) in [5.41, 5.74) is 0.859. The maximum Gasteiger partial charge on any atom is 0.338 e. The fourth-order valence-electron chi connectivity index (χ4n) is 2.93. The predicted octanol–water partition coefficient (Wildman–Crippen LogP) is 3.11. The van der Waals surface area contributed by atoms with E-state index in [0.717, 1.165) is 5.69 Å². The van der Waals surface area contributed by atoms with Crippen molar-refractivity contribution in [2.24, 2.45) is 0 Å². The molecule has 2 heterocycles. The molecule has 30 heavy (non-hydrogen) atoms. The highest BCUT2D eigenvalue weighted by Gasteiger charge is 2.26. The van der Waals surface area contributed by atoms with Gasteiger partial charge in [-0.1, -0.05) is 25.4 Å². The first kappa shape index (κ1) is 22.4. The summed E-state index contributed by atoms with van der Waals surface area (Å²) >= 11 is 7.40. The molecule has 0 aliphatic heterocycles. The second kappa shape index (κ2) is 8.84. The molecule has 0 fully saturated rings. The van der Waals surface area contributed by atoms with E-state index in [1.165, 1.54) is 44.3 Å². The molecule has 11 heteroatoms. The number of fused-ring (bicyclic) bond motifs is 1. The van der Waals surface area contributed by atoms with Crippen molar-refractivity contribution in [2.75, 3.05) is 13.1 Å². The average Bonchev–Trinajstić information content (AvgIpc) is 3.08. The largest absolute Gasteiger partial charge is 0.456 e. The molecular weight excluding hydrogens is 450 g/mol. The molecular formula is C19H20ClN3O5S2. The minimum absolute atomic E-state index is 0.0201. The first-order valence-corrected chi connectivity index (χ1v) is 11.8. The molecule has 1 aromatic carbocycles. The molecule has 0 aliphatic carbocycles. The van der Waals surface area contributed by atoms with Gasteiger partial charge in [-0.3, -0.25) is 9.20 Å². The van der Waals surface area contributed by atoms with Crippen LogP contribution in [0.25, 0.3) is 4.96 Å². The summed E-state index contributed by atoms with van der Waals surface area (Å²) in [5.74, 6) is -0.743. The van der Waals surface area contributed by atoms with E-state index in [4.69, 9.17) is 16.3 Å². The average molecular weight is 470 g/mol. The van der Waals surface area contributed by atoms with Crippen LogP contribution >= 0.6 is 22.9 Å². The molecule has 0 saturated carbocycles. The Labute approximate surface area is 182 Å². The standard InChI is InChI=1S/C19H20ClN3O5S2/c1-4-22(5-2)30(26,27)16-8-13(6-7-15(16)20)18(25)28-10-14-9-17(24)23-12(3)11-29-19(23)21-14/h6-9,11H,4-5,10H2,1-3H3. The van der Waals surface area contributed by atoms with Crippen molar-refractivity contribution in [3.05, 3.63) is 62.0 Å². The summed E-state index contributed by atoms with van der Waals surface area (Å²) in [6.07, 6.45) is 0. The molecule has 0 bridgehead atoms. The maximum absolute atomic E-state index is 12.8. The Balaban J connectivity index is 1.84. The number of nitrogens with zero attached hydrogens (tertiary/aromatic N) is 3. The SMILES string of the molecule is CCN(CC)S(=O)(=O)c1cc(C(=O)OCc2cc(=O)n3c(C)csc3n2)ccc1Cl. The zero-order chi connectivity index (χ0) is 22.1. The highest BCUT2D eigenvalue weighted by Crippen LogP contribution is 2.26. The highest BCUT2D eigenvalue weighted by molar-refractivity contribution is 7.89. The summed E-state index contributed by atoms with van der Waals surface area (Å²) in [4.78, 5) is 29.4. The van der Waals surface area contributed by atoms with Crippen molar-refractivity contribution in [1.29, 1.82) is 0 Å². The Morgan fingerprint density at radius 3 is 2.63 bits per heavy atom. The first-order valence-electron chi connectivity index (χ1n) is 9.12. The number of halogens is 1. The molecule has 0 atom stereocenters. The number of carbonyl (C=O) groups excluding carboxylic acids is 1. The summed E-state index contributed by atoms with van der Waals surface area (Å²) in [7, 11) is -3.84. The van der Waals surface area contributed by atoms with E-state index in [0.29, 0.717) is 10.7 Å². The monoisotopic (exact) mass is 469 g/mol. The van der Waals surface area contributed by atoms with E-state index in [1.54, 1.807) is 20.8 Å². The van der Waals surface area contributed by atoms with Gasteiger partial charge in [0.1, 0.15) is 11.5 Å². The molecule has 0 aliphatic rings. The molecule has 2 aromatic heterocycles. The third-order valence-corrected chi connectivity index (χ3v) is 7.94. The predicted molar refractivity (Wildman–Crippen MR) is 115 cm³/mol. The van der Waals surface area contributed by atoms with Crippen LogP contribution in [0.15, 0.2) is 39.3 Å².